The van der Waals surface area contributed by atoms with Gasteiger partial charge >= 0.3 is 6.18 Å². The number of hydrogen-bond acceptors (Lipinski definition) is 2. The molecule has 0 aliphatic rings. The summed E-state index contributed by atoms with van der Waals surface area (Å²) >= 11 is 0. The van der Waals surface area contributed by atoms with Crippen molar-refractivity contribution in [2.45, 2.75) is 26.1 Å². The van der Waals surface area contributed by atoms with Crippen LogP contribution in [-0.2, 0) is 12.7 Å². The highest BCUT2D eigenvalue weighted by Gasteiger charge is 2.33. The van der Waals surface area contributed by atoms with E-state index in [4.69, 9.17) is 0 Å². The molecular weight excluding hydrogens is 207 g/mol. The van der Waals surface area contributed by atoms with Crippen molar-refractivity contribution in [2.75, 3.05) is 13.1 Å². The Morgan fingerprint density at radius 3 is 2.67 bits per heavy atom. The van der Waals surface area contributed by atoms with E-state index < -0.39 is 11.9 Å². The lowest BCUT2D eigenvalue weighted by Gasteiger charge is -2.04. The first-order valence-corrected chi connectivity index (χ1v) is 4.85. The van der Waals surface area contributed by atoms with Gasteiger partial charge in [0.15, 0.2) is 5.69 Å². The third kappa shape index (κ3) is 3.91. The van der Waals surface area contributed by atoms with E-state index in [0.29, 0.717) is 13.1 Å². The Morgan fingerprint density at radius 2 is 2.13 bits per heavy atom. The van der Waals surface area contributed by atoms with Gasteiger partial charge in [0.1, 0.15) is 0 Å². The Balaban J connectivity index is 2.40. The van der Waals surface area contributed by atoms with Crippen molar-refractivity contribution < 1.29 is 13.2 Å². The second-order valence-electron chi connectivity index (χ2n) is 3.21. The molecule has 3 nitrogen and oxygen atoms in total. The fraction of sp³-hybridized carbons (Fsp3) is 0.667. The molecular formula is C9H14F3N3. The third-order valence-corrected chi connectivity index (χ3v) is 1.88. The predicted octanol–water partition coefficient (Wildman–Crippen LogP) is 1.90. The normalized spacial score (nSPS) is 12.0. The molecule has 15 heavy (non-hydrogen) atoms. The maximum Gasteiger partial charge on any atom is 0.435 e. The molecule has 0 saturated heterocycles. The van der Waals surface area contributed by atoms with Gasteiger partial charge in [0.25, 0.3) is 0 Å². The van der Waals surface area contributed by atoms with Gasteiger partial charge in [-0.3, -0.25) is 4.68 Å². The quantitative estimate of drug-likeness (QED) is 0.769. The number of hydrogen-bond donors (Lipinski definition) is 1. The van der Waals surface area contributed by atoms with Gasteiger partial charge in [-0.15, -0.1) is 0 Å². The topological polar surface area (TPSA) is 29.9 Å². The molecule has 1 heterocycles. The molecule has 0 radical (unpaired) electrons. The van der Waals surface area contributed by atoms with Gasteiger partial charge in [-0.25, -0.2) is 0 Å². The lowest BCUT2D eigenvalue weighted by molar-refractivity contribution is -0.141. The average molecular weight is 221 g/mol. The zero-order chi connectivity index (χ0) is 11.3. The second kappa shape index (κ2) is 5.16. The number of rotatable bonds is 5. The lowest BCUT2D eigenvalue weighted by atomic mass is 10.4. The molecule has 0 atom stereocenters. The summed E-state index contributed by atoms with van der Waals surface area (Å²) in [4.78, 5) is 0. The summed E-state index contributed by atoms with van der Waals surface area (Å²) in [6.07, 6.45) is -1.99. The summed E-state index contributed by atoms with van der Waals surface area (Å²) < 4.78 is 37.8. The van der Waals surface area contributed by atoms with Crippen molar-refractivity contribution in [2.24, 2.45) is 0 Å². The van der Waals surface area contributed by atoms with Crippen molar-refractivity contribution in [1.82, 2.24) is 15.1 Å². The van der Waals surface area contributed by atoms with E-state index in [-0.39, 0.29) is 0 Å². The minimum Gasteiger partial charge on any atom is -0.315 e. The van der Waals surface area contributed by atoms with Crippen molar-refractivity contribution in [3.8, 4) is 0 Å². The maximum atomic E-state index is 12.2. The van der Waals surface area contributed by atoms with Crippen LogP contribution in [0.3, 0.4) is 0 Å². The highest BCUT2D eigenvalue weighted by Crippen LogP contribution is 2.26. The summed E-state index contributed by atoms with van der Waals surface area (Å²) in [6.45, 7) is 3.99. The fourth-order valence-corrected chi connectivity index (χ4v) is 1.13. The largest absolute Gasteiger partial charge is 0.435 e. The maximum absolute atomic E-state index is 12.2. The zero-order valence-electron chi connectivity index (χ0n) is 8.51. The third-order valence-electron chi connectivity index (χ3n) is 1.88. The van der Waals surface area contributed by atoms with Gasteiger partial charge in [-0.2, -0.15) is 18.3 Å². The Morgan fingerprint density at radius 1 is 1.40 bits per heavy atom. The van der Waals surface area contributed by atoms with Gasteiger partial charge in [0, 0.05) is 12.7 Å². The molecule has 0 unspecified atom stereocenters. The molecule has 1 aromatic heterocycles. The van der Waals surface area contributed by atoms with Crippen LogP contribution in [0.2, 0.25) is 0 Å². The number of nitrogens with one attached hydrogen (secondary N) is 1. The predicted molar refractivity (Wildman–Crippen MR) is 50.4 cm³/mol. The van der Waals surface area contributed by atoms with Crippen molar-refractivity contribution in [1.29, 1.82) is 0 Å². The lowest BCUT2D eigenvalue weighted by Crippen LogP contribution is -2.21. The van der Waals surface area contributed by atoms with Gasteiger partial charge in [-0.05, 0) is 19.0 Å². The summed E-state index contributed by atoms with van der Waals surface area (Å²) in [6, 6.07) is 0.986. The van der Waals surface area contributed by atoms with Gasteiger partial charge in [0.2, 0.25) is 0 Å². The molecule has 0 aliphatic carbocycles. The van der Waals surface area contributed by atoms with E-state index in [2.05, 4.69) is 10.4 Å². The molecule has 1 aromatic rings. The Labute approximate surface area is 86.3 Å². The molecule has 0 amide bonds. The molecule has 1 N–H and O–H groups in total. The molecule has 0 bridgehead atoms. The molecule has 0 saturated carbocycles. The molecule has 0 spiro atoms. The van der Waals surface area contributed by atoms with Crippen LogP contribution in [-0.4, -0.2) is 22.9 Å². The van der Waals surface area contributed by atoms with Gasteiger partial charge < -0.3 is 5.32 Å². The summed E-state index contributed by atoms with van der Waals surface area (Å²) in [7, 11) is 0. The monoisotopic (exact) mass is 221 g/mol. The standard InChI is InChI=1S/C9H14F3N3/c1-2-4-13-5-7-15-6-3-8(14-15)9(10,11)12/h3,6,13H,2,4-5,7H2,1H3. The Hall–Kier alpha value is -1.04. The first kappa shape index (κ1) is 12.0. The molecule has 0 aromatic carbocycles. The average Bonchev–Trinajstić information content (AvgIpc) is 2.60. The number of halogens is 3. The van der Waals surface area contributed by atoms with E-state index >= 15 is 0 Å². The molecule has 6 heteroatoms. The summed E-state index contributed by atoms with van der Waals surface area (Å²) in [5, 5.41) is 6.52. The fourth-order valence-electron chi connectivity index (χ4n) is 1.13. The highest BCUT2D eigenvalue weighted by molar-refractivity contribution is 5.03. The SMILES string of the molecule is CCCNCCn1ccc(C(F)(F)F)n1. The van der Waals surface area contributed by atoms with E-state index in [0.717, 1.165) is 19.0 Å². The molecule has 0 fully saturated rings. The Kier molecular flexibility index (Phi) is 4.14. The van der Waals surface area contributed by atoms with Gasteiger partial charge in [-0.1, -0.05) is 6.92 Å². The van der Waals surface area contributed by atoms with Crippen molar-refractivity contribution in [3.63, 3.8) is 0 Å². The van der Waals surface area contributed by atoms with Crippen molar-refractivity contribution >= 4 is 0 Å². The second-order valence-corrected chi connectivity index (χ2v) is 3.21. The molecule has 86 valence electrons. The minimum absolute atomic E-state index is 0.454. The highest BCUT2D eigenvalue weighted by atomic mass is 19.4. The van der Waals surface area contributed by atoms with Crippen LogP contribution in [0.25, 0.3) is 0 Å². The van der Waals surface area contributed by atoms with E-state index in [1.807, 2.05) is 6.92 Å². The molecule has 0 aliphatic heterocycles. The Bertz CT molecular complexity index is 293. The van der Waals surface area contributed by atoms with Crippen LogP contribution in [0.1, 0.15) is 19.0 Å². The summed E-state index contributed by atoms with van der Waals surface area (Å²) in [5.41, 5.74) is -0.835. The van der Waals surface area contributed by atoms with Crippen LogP contribution in [0.4, 0.5) is 13.2 Å². The first-order chi connectivity index (χ1) is 7.04. The van der Waals surface area contributed by atoms with Crippen LogP contribution in [0.15, 0.2) is 12.3 Å². The van der Waals surface area contributed by atoms with Crippen LogP contribution >= 0.6 is 0 Å². The van der Waals surface area contributed by atoms with Crippen LogP contribution < -0.4 is 5.32 Å². The minimum atomic E-state index is -4.35. The summed E-state index contributed by atoms with van der Waals surface area (Å²) in [5.74, 6) is 0. The van der Waals surface area contributed by atoms with E-state index in [1.165, 1.54) is 10.9 Å². The van der Waals surface area contributed by atoms with Crippen LogP contribution in [0, 0.1) is 0 Å². The zero-order valence-corrected chi connectivity index (χ0v) is 8.51. The smallest absolute Gasteiger partial charge is 0.315 e. The first-order valence-electron chi connectivity index (χ1n) is 4.85. The van der Waals surface area contributed by atoms with Crippen molar-refractivity contribution in [3.05, 3.63) is 18.0 Å². The van der Waals surface area contributed by atoms with Gasteiger partial charge in [0.05, 0.1) is 6.54 Å². The van der Waals surface area contributed by atoms with E-state index in [9.17, 15) is 13.2 Å². The number of aromatic nitrogens is 2. The molecule has 1 rings (SSSR count). The number of nitrogens with zero attached hydrogens (tertiary/aromatic N) is 2. The van der Waals surface area contributed by atoms with Crippen LogP contribution in [0.5, 0.6) is 0 Å². The van der Waals surface area contributed by atoms with E-state index in [1.54, 1.807) is 0 Å². The number of alkyl halides is 3.